The Bertz CT molecular complexity index is 601. The Kier molecular flexibility index (Phi) is 2.73. The molecule has 0 bridgehead atoms. The van der Waals surface area contributed by atoms with Gasteiger partial charge in [-0.15, -0.1) is 0 Å². The molecule has 2 rings (SSSR count). The van der Waals surface area contributed by atoms with Crippen LogP contribution in [-0.2, 0) is 22.6 Å². The second kappa shape index (κ2) is 3.91. The summed E-state index contributed by atoms with van der Waals surface area (Å²) < 4.78 is 25.3. The number of imidazole rings is 1. The molecule has 0 aromatic carbocycles. The van der Waals surface area contributed by atoms with E-state index in [9.17, 15) is 8.42 Å². The van der Waals surface area contributed by atoms with E-state index in [0.29, 0.717) is 6.54 Å². The Balaban J connectivity index is 2.21. The average molecular weight is 261 g/mol. The molecule has 0 fully saturated rings. The van der Waals surface area contributed by atoms with Gasteiger partial charge in [0.1, 0.15) is 0 Å². The molecule has 0 aliphatic rings. The van der Waals surface area contributed by atoms with Crippen LogP contribution < -0.4 is 0 Å². The van der Waals surface area contributed by atoms with Crippen molar-refractivity contribution in [2.45, 2.75) is 11.6 Å². The molecule has 0 aliphatic heterocycles. The van der Waals surface area contributed by atoms with Gasteiger partial charge in [-0.1, -0.05) is 0 Å². The molecule has 6 nitrogen and oxygen atoms in total. The van der Waals surface area contributed by atoms with Crippen molar-refractivity contribution in [1.82, 2.24) is 19.3 Å². The van der Waals surface area contributed by atoms with Crippen molar-refractivity contribution in [2.75, 3.05) is 0 Å². The molecule has 0 spiro atoms. The van der Waals surface area contributed by atoms with Crippen LogP contribution >= 0.6 is 10.7 Å². The smallest absolute Gasteiger partial charge is 0.280 e. The topological polar surface area (TPSA) is 69.8 Å². The van der Waals surface area contributed by atoms with Crippen molar-refractivity contribution in [3.05, 3.63) is 30.5 Å². The molecule has 0 saturated carbocycles. The number of nitrogens with zero attached hydrogens (tertiary/aromatic N) is 4. The highest BCUT2D eigenvalue weighted by Gasteiger charge is 2.13. The van der Waals surface area contributed by atoms with Crippen LogP contribution in [-0.4, -0.2) is 27.7 Å². The van der Waals surface area contributed by atoms with E-state index in [-0.39, 0.29) is 5.03 Å². The van der Waals surface area contributed by atoms with E-state index in [0.717, 1.165) is 5.56 Å². The van der Waals surface area contributed by atoms with Gasteiger partial charge in [0.25, 0.3) is 9.05 Å². The quantitative estimate of drug-likeness (QED) is 0.758. The first-order valence-electron chi connectivity index (χ1n) is 4.39. The minimum Gasteiger partial charge on any atom is -0.332 e. The zero-order valence-electron chi connectivity index (χ0n) is 8.41. The lowest BCUT2D eigenvalue weighted by Crippen LogP contribution is -1.95. The Morgan fingerprint density at radius 2 is 2.19 bits per heavy atom. The summed E-state index contributed by atoms with van der Waals surface area (Å²) in [4.78, 5) is 3.71. The molecule has 0 N–H and O–H groups in total. The molecule has 86 valence electrons. The van der Waals surface area contributed by atoms with Gasteiger partial charge >= 0.3 is 0 Å². The first kappa shape index (κ1) is 11.2. The lowest BCUT2D eigenvalue weighted by molar-refractivity contribution is 0.606. The van der Waals surface area contributed by atoms with Gasteiger partial charge in [0.05, 0.1) is 19.1 Å². The fourth-order valence-electron chi connectivity index (χ4n) is 1.32. The Morgan fingerprint density at radius 3 is 2.69 bits per heavy atom. The molecule has 16 heavy (non-hydrogen) atoms. The number of aryl methyl sites for hydroxylation is 1. The average Bonchev–Trinajstić information content (AvgIpc) is 2.74. The molecular weight excluding hydrogens is 252 g/mol. The summed E-state index contributed by atoms with van der Waals surface area (Å²) in [6, 6.07) is 0. The van der Waals surface area contributed by atoms with E-state index in [1.165, 1.54) is 12.5 Å². The third-order valence-corrected chi connectivity index (χ3v) is 3.17. The van der Waals surface area contributed by atoms with E-state index >= 15 is 0 Å². The van der Waals surface area contributed by atoms with Crippen LogP contribution in [0, 0.1) is 0 Å². The van der Waals surface area contributed by atoms with Gasteiger partial charge in [0.2, 0.25) is 0 Å². The largest absolute Gasteiger partial charge is 0.332 e. The summed E-state index contributed by atoms with van der Waals surface area (Å²) in [5, 5.41) is 3.87. The third-order valence-electron chi connectivity index (χ3n) is 1.98. The van der Waals surface area contributed by atoms with Crippen LogP contribution in [0.3, 0.4) is 0 Å². The van der Waals surface area contributed by atoms with E-state index in [4.69, 9.17) is 10.7 Å². The van der Waals surface area contributed by atoms with E-state index in [1.54, 1.807) is 15.4 Å². The lowest BCUT2D eigenvalue weighted by atomic mass is 10.4. The molecule has 0 radical (unpaired) electrons. The van der Waals surface area contributed by atoms with Crippen LogP contribution in [0.4, 0.5) is 0 Å². The Labute approximate surface area is 96.9 Å². The molecule has 2 aromatic rings. The number of hydrogen-bond donors (Lipinski definition) is 0. The zero-order chi connectivity index (χ0) is 11.8. The summed E-state index contributed by atoms with van der Waals surface area (Å²) in [6.45, 7) is 0.507. The monoisotopic (exact) mass is 260 g/mol. The Morgan fingerprint density at radius 1 is 1.44 bits per heavy atom. The van der Waals surface area contributed by atoms with Crippen molar-refractivity contribution >= 4 is 19.7 Å². The summed E-state index contributed by atoms with van der Waals surface area (Å²) in [6.07, 6.45) is 6.35. The van der Waals surface area contributed by atoms with E-state index in [1.807, 2.05) is 13.2 Å². The number of aromatic nitrogens is 4. The highest BCUT2D eigenvalue weighted by molar-refractivity contribution is 8.13. The highest BCUT2D eigenvalue weighted by atomic mass is 35.7. The van der Waals surface area contributed by atoms with Crippen molar-refractivity contribution in [1.29, 1.82) is 0 Å². The molecule has 2 aromatic heterocycles. The van der Waals surface area contributed by atoms with Crippen molar-refractivity contribution in [3.8, 4) is 0 Å². The maximum absolute atomic E-state index is 11.0. The second-order valence-corrected chi connectivity index (χ2v) is 5.86. The molecule has 0 amide bonds. The molecular formula is C8H9ClN4O2S. The Hall–Kier alpha value is -1.34. The van der Waals surface area contributed by atoms with E-state index < -0.39 is 9.05 Å². The minimum absolute atomic E-state index is 0.141. The minimum atomic E-state index is -3.75. The zero-order valence-corrected chi connectivity index (χ0v) is 9.98. The SMILES string of the molecule is Cn1cc(Cn2cnc(S(=O)(=O)Cl)c2)cn1. The normalized spacial score (nSPS) is 11.9. The fourth-order valence-corrected chi connectivity index (χ4v) is 1.99. The fraction of sp³-hybridized carbons (Fsp3) is 0.250. The van der Waals surface area contributed by atoms with Gasteiger partial charge in [0.15, 0.2) is 5.03 Å². The first-order valence-corrected chi connectivity index (χ1v) is 6.70. The third kappa shape index (κ3) is 2.42. The maximum atomic E-state index is 11.0. The van der Waals surface area contributed by atoms with Crippen molar-refractivity contribution in [2.24, 2.45) is 7.05 Å². The summed E-state index contributed by atoms with van der Waals surface area (Å²) in [5.74, 6) is 0. The number of rotatable bonds is 3. The van der Waals surface area contributed by atoms with Crippen LogP contribution in [0.1, 0.15) is 5.56 Å². The van der Waals surface area contributed by atoms with Crippen molar-refractivity contribution in [3.63, 3.8) is 0 Å². The van der Waals surface area contributed by atoms with Gasteiger partial charge in [-0.05, 0) is 0 Å². The lowest BCUT2D eigenvalue weighted by Gasteiger charge is -1.96. The molecule has 2 heterocycles. The van der Waals surface area contributed by atoms with Crippen LogP contribution in [0.2, 0.25) is 0 Å². The first-order chi connectivity index (χ1) is 7.45. The molecule has 0 aliphatic carbocycles. The summed E-state index contributed by atoms with van der Waals surface area (Å²) in [7, 11) is 3.22. The number of hydrogen-bond acceptors (Lipinski definition) is 4. The number of halogens is 1. The van der Waals surface area contributed by atoms with Crippen LogP contribution in [0.5, 0.6) is 0 Å². The van der Waals surface area contributed by atoms with E-state index in [2.05, 4.69) is 10.1 Å². The van der Waals surface area contributed by atoms with Gasteiger partial charge in [-0.3, -0.25) is 4.68 Å². The van der Waals surface area contributed by atoms with Gasteiger partial charge < -0.3 is 4.57 Å². The van der Waals surface area contributed by atoms with Gasteiger partial charge in [-0.25, -0.2) is 13.4 Å². The predicted octanol–water partition coefficient (Wildman–Crippen LogP) is 0.592. The van der Waals surface area contributed by atoms with Gasteiger partial charge in [0, 0.05) is 35.7 Å². The standard InChI is InChI=1S/C8H9ClN4O2S/c1-12-3-7(2-11-12)4-13-5-8(10-6-13)16(9,14)15/h2-3,5-6H,4H2,1H3. The predicted molar refractivity (Wildman–Crippen MR) is 57.6 cm³/mol. The molecule has 0 unspecified atom stereocenters. The summed E-state index contributed by atoms with van der Waals surface area (Å²) >= 11 is 0. The second-order valence-electron chi connectivity index (χ2n) is 3.34. The van der Waals surface area contributed by atoms with Gasteiger partial charge in [-0.2, -0.15) is 5.10 Å². The molecule has 0 saturated heterocycles. The summed E-state index contributed by atoms with van der Waals surface area (Å²) in [5.41, 5.74) is 0.957. The maximum Gasteiger partial charge on any atom is 0.280 e. The molecule has 0 atom stereocenters. The molecule has 8 heteroatoms. The van der Waals surface area contributed by atoms with Crippen LogP contribution in [0.25, 0.3) is 0 Å². The highest BCUT2D eigenvalue weighted by Crippen LogP contribution is 2.12. The van der Waals surface area contributed by atoms with Crippen LogP contribution in [0.15, 0.2) is 29.9 Å². The van der Waals surface area contributed by atoms with Crippen molar-refractivity contribution < 1.29 is 8.42 Å².